The molecule has 0 aliphatic carbocycles. The van der Waals surface area contributed by atoms with Crippen LogP contribution in [-0.4, -0.2) is 6.54 Å². The molecule has 0 amide bonds. The minimum absolute atomic E-state index is 0.232. The first-order valence-electron chi connectivity index (χ1n) is 6.49. The summed E-state index contributed by atoms with van der Waals surface area (Å²) in [4.78, 5) is 2.25. The van der Waals surface area contributed by atoms with Crippen molar-refractivity contribution >= 4 is 23.0 Å². The van der Waals surface area contributed by atoms with Gasteiger partial charge in [-0.2, -0.15) is 0 Å². The number of hydrogen-bond acceptors (Lipinski definition) is 1. The van der Waals surface area contributed by atoms with Crippen LogP contribution in [0.1, 0.15) is 17.5 Å². The first kappa shape index (κ1) is 12.5. The fourth-order valence-electron chi connectivity index (χ4n) is 2.71. The molecule has 3 rings (SSSR count). The zero-order chi connectivity index (χ0) is 13.2. The molecule has 0 fully saturated rings. The molecule has 0 aromatic heterocycles. The van der Waals surface area contributed by atoms with E-state index in [-0.39, 0.29) is 5.82 Å². The average Bonchev–Trinajstić information content (AvgIpc) is 2.46. The van der Waals surface area contributed by atoms with Gasteiger partial charge in [0.25, 0.3) is 0 Å². The summed E-state index contributed by atoms with van der Waals surface area (Å²) in [6, 6.07) is 13.2. The van der Waals surface area contributed by atoms with Crippen molar-refractivity contribution in [1.29, 1.82) is 0 Å². The van der Waals surface area contributed by atoms with Crippen molar-refractivity contribution in [2.24, 2.45) is 0 Å². The van der Waals surface area contributed by atoms with E-state index in [0.29, 0.717) is 5.88 Å². The quantitative estimate of drug-likeness (QED) is 0.721. The Kier molecular flexibility index (Phi) is 3.43. The zero-order valence-electron chi connectivity index (χ0n) is 10.6. The number of anilines is 2. The van der Waals surface area contributed by atoms with E-state index >= 15 is 0 Å². The standard InChI is InChI=1S/C16H15ClFN/c17-11-13-10-14(18)7-8-16(13)19-9-3-5-12-4-1-2-6-15(12)19/h1-2,4,6-8,10H,3,5,9,11H2. The number of alkyl halides is 1. The number of fused-ring (bicyclic) bond motifs is 1. The Morgan fingerprint density at radius 3 is 2.79 bits per heavy atom. The summed E-state index contributed by atoms with van der Waals surface area (Å²) in [6.45, 7) is 0.951. The van der Waals surface area contributed by atoms with E-state index in [9.17, 15) is 4.39 Å². The Labute approximate surface area is 117 Å². The van der Waals surface area contributed by atoms with Crippen LogP contribution in [0.15, 0.2) is 42.5 Å². The third kappa shape index (κ3) is 2.33. The molecular formula is C16H15ClFN. The lowest BCUT2D eigenvalue weighted by atomic mass is 10.00. The predicted molar refractivity (Wildman–Crippen MR) is 77.7 cm³/mol. The summed E-state index contributed by atoms with van der Waals surface area (Å²) < 4.78 is 13.3. The molecule has 0 bridgehead atoms. The van der Waals surface area contributed by atoms with Crippen LogP contribution in [0.25, 0.3) is 0 Å². The van der Waals surface area contributed by atoms with Crippen molar-refractivity contribution in [2.45, 2.75) is 18.7 Å². The van der Waals surface area contributed by atoms with Gasteiger partial charge in [-0.1, -0.05) is 18.2 Å². The minimum atomic E-state index is -0.232. The zero-order valence-corrected chi connectivity index (χ0v) is 11.3. The maximum atomic E-state index is 13.3. The number of hydrogen-bond donors (Lipinski definition) is 0. The Hall–Kier alpha value is -1.54. The lowest BCUT2D eigenvalue weighted by Gasteiger charge is -2.32. The van der Waals surface area contributed by atoms with Gasteiger partial charge in [0, 0.05) is 23.8 Å². The van der Waals surface area contributed by atoms with Gasteiger partial charge >= 0.3 is 0 Å². The van der Waals surface area contributed by atoms with E-state index in [1.54, 1.807) is 0 Å². The van der Waals surface area contributed by atoms with Gasteiger partial charge in [0.1, 0.15) is 5.82 Å². The second-order valence-corrected chi connectivity index (χ2v) is 5.06. The van der Waals surface area contributed by atoms with E-state index < -0.39 is 0 Å². The van der Waals surface area contributed by atoms with Crippen molar-refractivity contribution in [3.8, 4) is 0 Å². The third-order valence-corrected chi connectivity index (χ3v) is 3.87. The van der Waals surface area contributed by atoms with Crippen molar-refractivity contribution in [1.82, 2.24) is 0 Å². The van der Waals surface area contributed by atoms with Gasteiger partial charge in [-0.05, 0) is 48.2 Å². The summed E-state index contributed by atoms with van der Waals surface area (Å²) in [7, 11) is 0. The van der Waals surface area contributed by atoms with Crippen LogP contribution in [-0.2, 0) is 12.3 Å². The van der Waals surface area contributed by atoms with E-state index in [1.807, 2.05) is 12.1 Å². The topological polar surface area (TPSA) is 3.24 Å². The van der Waals surface area contributed by atoms with Crippen molar-refractivity contribution in [2.75, 3.05) is 11.4 Å². The molecule has 0 spiro atoms. The van der Waals surface area contributed by atoms with Gasteiger partial charge in [-0.25, -0.2) is 4.39 Å². The summed E-state index contributed by atoms with van der Waals surface area (Å²) >= 11 is 5.96. The number of halogens is 2. The van der Waals surface area contributed by atoms with E-state index in [2.05, 4.69) is 23.1 Å². The van der Waals surface area contributed by atoms with Gasteiger partial charge in [-0.15, -0.1) is 11.6 Å². The maximum absolute atomic E-state index is 13.3. The number of para-hydroxylation sites is 1. The minimum Gasteiger partial charge on any atom is -0.341 e. The molecule has 0 N–H and O–H groups in total. The van der Waals surface area contributed by atoms with Crippen molar-refractivity contribution in [3.05, 3.63) is 59.4 Å². The molecule has 0 saturated heterocycles. The molecule has 0 radical (unpaired) electrons. The van der Waals surface area contributed by atoms with Crippen LogP contribution in [0.4, 0.5) is 15.8 Å². The average molecular weight is 276 g/mol. The normalized spacial score (nSPS) is 14.3. The van der Waals surface area contributed by atoms with E-state index in [0.717, 1.165) is 30.6 Å². The molecule has 19 heavy (non-hydrogen) atoms. The lowest BCUT2D eigenvalue weighted by Crippen LogP contribution is -2.25. The highest BCUT2D eigenvalue weighted by molar-refractivity contribution is 6.17. The SMILES string of the molecule is Fc1ccc(N2CCCc3ccccc32)c(CCl)c1. The molecule has 1 aliphatic heterocycles. The fourth-order valence-corrected chi connectivity index (χ4v) is 2.92. The first-order chi connectivity index (χ1) is 9.29. The molecule has 1 aliphatic rings. The van der Waals surface area contributed by atoms with Crippen LogP contribution < -0.4 is 4.90 Å². The second-order valence-electron chi connectivity index (χ2n) is 4.79. The Bertz CT molecular complexity index is 597. The molecule has 0 atom stereocenters. The van der Waals surface area contributed by atoms with Crippen LogP contribution in [0, 0.1) is 5.82 Å². The molecule has 1 heterocycles. The van der Waals surface area contributed by atoms with Crippen molar-refractivity contribution < 1.29 is 4.39 Å². The number of aryl methyl sites for hydroxylation is 1. The molecule has 0 saturated carbocycles. The summed E-state index contributed by atoms with van der Waals surface area (Å²) in [5, 5.41) is 0. The molecule has 1 nitrogen and oxygen atoms in total. The Balaban J connectivity index is 2.09. The lowest BCUT2D eigenvalue weighted by molar-refractivity contribution is 0.626. The van der Waals surface area contributed by atoms with Crippen LogP contribution >= 0.6 is 11.6 Å². The monoisotopic (exact) mass is 275 g/mol. The van der Waals surface area contributed by atoms with Crippen molar-refractivity contribution in [3.63, 3.8) is 0 Å². The summed E-state index contributed by atoms with van der Waals surface area (Å²) in [6.07, 6.45) is 2.21. The number of rotatable bonds is 2. The highest BCUT2D eigenvalue weighted by Crippen LogP contribution is 2.35. The first-order valence-corrected chi connectivity index (χ1v) is 7.03. The van der Waals surface area contributed by atoms with Gasteiger partial charge in [0.05, 0.1) is 0 Å². The van der Waals surface area contributed by atoms with Gasteiger partial charge in [-0.3, -0.25) is 0 Å². The smallest absolute Gasteiger partial charge is 0.123 e. The Morgan fingerprint density at radius 1 is 1.11 bits per heavy atom. The van der Waals surface area contributed by atoms with E-state index in [1.165, 1.54) is 23.4 Å². The van der Waals surface area contributed by atoms with Gasteiger partial charge in [0.15, 0.2) is 0 Å². The predicted octanol–water partition coefficient (Wildman–Crippen LogP) is 4.65. The summed E-state index contributed by atoms with van der Waals surface area (Å²) in [5.41, 5.74) is 4.42. The van der Waals surface area contributed by atoms with E-state index in [4.69, 9.17) is 11.6 Å². The molecule has 2 aromatic carbocycles. The van der Waals surface area contributed by atoms with Gasteiger partial charge in [0.2, 0.25) is 0 Å². The molecule has 3 heteroatoms. The molecule has 0 unspecified atom stereocenters. The molecule has 98 valence electrons. The number of nitrogens with zero attached hydrogens (tertiary/aromatic N) is 1. The molecular weight excluding hydrogens is 261 g/mol. The van der Waals surface area contributed by atoms with Gasteiger partial charge < -0.3 is 4.90 Å². The number of benzene rings is 2. The summed E-state index contributed by atoms with van der Waals surface area (Å²) in [5.74, 6) is 0.0934. The molecule has 2 aromatic rings. The van der Waals surface area contributed by atoms with Crippen LogP contribution in [0.5, 0.6) is 0 Å². The van der Waals surface area contributed by atoms with Crippen LogP contribution in [0.3, 0.4) is 0 Å². The third-order valence-electron chi connectivity index (χ3n) is 3.59. The highest BCUT2D eigenvalue weighted by Gasteiger charge is 2.19. The highest BCUT2D eigenvalue weighted by atomic mass is 35.5. The Morgan fingerprint density at radius 2 is 1.95 bits per heavy atom. The second kappa shape index (κ2) is 5.22. The van der Waals surface area contributed by atoms with Crippen LogP contribution in [0.2, 0.25) is 0 Å². The largest absolute Gasteiger partial charge is 0.341 e. The fraction of sp³-hybridized carbons (Fsp3) is 0.250. The maximum Gasteiger partial charge on any atom is 0.123 e.